The monoisotopic (exact) mass is 249 g/mol. The molecule has 1 aromatic heterocycles. The third-order valence-corrected chi connectivity index (χ3v) is 2.76. The first-order chi connectivity index (χ1) is 8.44. The molecule has 4 heteroatoms. The lowest BCUT2D eigenvalue weighted by Crippen LogP contribution is -2.41. The molecule has 0 amide bonds. The maximum atomic E-state index is 11.7. The van der Waals surface area contributed by atoms with Gasteiger partial charge < -0.3 is 9.47 Å². The maximum absolute atomic E-state index is 11.7. The fourth-order valence-corrected chi connectivity index (χ4v) is 1.83. The molecule has 0 N–H and O–H groups in total. The van der Waals surface area contributed by atoms with Gasteiger partial charge in [0.05, 0.1) is 5.92 Å². The Hall–Kier alpha value is -1.58. The molecule has 0 unspecified atom stereocenters. The van der Waals surface area contributed by atoms with Crippen molar-refractivity contribution in [1.82, 2.24) is 4.98 Å². The van der Waals surface area contributed by atoms with Gasteiger partial charge in [0.2, 0.25) is 5.88 Å². The van der Waals surface area contributed by atoms with E-state index in [1.54, 1.807) is 6.20 Å². The van der Waals surface area contributed by atoms with E-state index in [0.29, 0.717) is 18.7 Å². The molecule has 0 bridgehead atoms. The van der Waals surface area contributed by atoms with Gasteiger partial charge in [0.25, 0.3) is 0 Å². The molecule has 0 aliphatic heterocycles. The third kappa shape index (κ3) is 3.45. The minimum atomic E-state index is -0.413. The highest BCUT2D eigenvalue weighted by atomic mass is 16.6. The van der Waals surface area contributed by atoms with E-state index in [-0.39, 0.29) is 18.0 Å². The number of pyridine rings is 1. The number of carbonyl (C=O) groups is 1. The molecule has 1 heterocycles. The average molecular weight is 249 g/mol. The molecule has 1 aliphatic rings. The van der Waals surface area contributed by atoms with Gasteiger partial charge in [0.15, 0.2) is 0 Å². The number of nitrogens with zero attached hydrogens (tertiary/aromatic N) is 1. The minimum absolute atomic E-state index is 0.0297. The SMILES string of the molecule is CC(C)(C)OC(=O)C1CC(Oc2ccccn2)C1. The van der Waals surface area contributed by atoms with Crippen LogP contribution < -0.4 is 4.74 Å². The van der Waals surface area contributed by atoms with Gasteiger partial charge in [0.1, 0.15) is 11.7 Å². The average Bonchev–Trinajstić information content (AvgIpc) is 2.21. The summed E-state index contributed by atoms with van der Waals surface area (Å²) >= 11 is 0. The lowest BCUT2D eigenvalue weighted by molar-refractivity contribution is -0.166. The lowest BCUT2D eigenvalue weighted by Gasteiger charge is -2.35. The summed E-state index contributed by atoms with van der Waals surface area (Å²) in [4.78, 5) is 15.8. The fourth-order valence-electron chi connectivity index (χ4n) is 1.83. The molecule has 1 aromatic rings. The van der Waals surface area contributed by atoms with Crippen molar-refractivity contribution in [2.45, 2.75) is 45.3 Å². The normalized spacial score (nSPS) is 23.1. The summed E-state index contributed by atoms with van der Waals surface area (Å²) in [6, 6.07) is 5.55. The predicted octanol–water partition coefficient (Wildman–Crippen LogP) is 2.58. The van der Waals surface area contributed by atoms with Crippen LogP contribution in [0.25, 0.3) is 0 Å². The van der Waals surface area contributed by atoms with Crippen molar-refractivity contribution in [2.75, 3.05) is 0 Å². The van der Waals surface area contributed by atoms with Gasteiger partial charge in [0, 0.05) is 12.3 Å². The summed E-state index contributed by atoms with van der Waals surface area (Å²) in [7, 11) is 0. The van der Waals surface area contributed by atoms with E-state index in [2.05, 4.69) is 4.98 Å². The Kier molecular flexibility index (Phi) is 3.55. The summed E-state index contributed by atoms with van der Waals surface area (Å²) in [5, 5.41) is 0. The van der Waals surface area contributed by atoms with Crippen molar-refractivity contribution >= 4 is 5.97 Å². The van der Waals surface area contributed by atoms with Gasteiger partial charge in [-0.3, -0.25) is 4.79 Å². The molecule has 18 heavy (non-hydrogen) atoms. The molecule has 0 spiro atoms. The second-order valence-electron chi connectivity index (χ2n) is 5.61. The summed E-state index contributed by atoms with van der Waals surface area (Å²) < 4.78 is 11.0. The Morgan fingerprint density at radius 1 is 1.33 bits per heavy atom. The van der Waals surface area contributed by atoms with Crippen LogP contribution in [0, 0.1) is 5.92 Å². The van der Waals surface area contributed by atoms with E-state index in [9.17, 15) is 4.79 Å². The molecule has 0 radical (unpaired) electrons. The van der Waals surface area contributed by atoms with Crippen LogP contribution in [0.5, 0.6) is 5.88 Å². The Morgan fingerprint density at radius 2 is 2.06 bits per heavy atom. The van der Waals surface area contributed by atoms with Gasteiger partial charge in [-0.05, 0) is 39.7 Å². The summed E-state index contributed by atoms with van der Waals surface area (Å²) in [6.45, 7) is 5.64. The molecule has 1 aliphatic carbocycles. The number of hydrogen-bond donors (Lipinski definition) is 0. The standard InChI is InChI=1S/C14H19NO3/c1-14(2,3)18-13(16)10-8-11(9-10)17-12-6-4-5-7-15-12/h4-7,10-11H,8-9H2,1-3H3. The summed E-state index contributed by atoms with van der Waals surface area (Å²) in [5.74, 6) is 0.464. The lowest BCUT2D eigenvalue weighted by atomic mass is 9.82. The van der Waals surface area contributed by atoms with Crippen LogP contribution >= 0.6 is 0 Å². The van der Waals surface area contributed by atoms with E-state index >= 15 is 0 Å². The van der Waals surface area contributed by atoms with Gasteiger partial charge in [-0.2, -0.15) is 0 Å². The van der Waals surface area contributed by atoms with Crippen molar-refractivity contribution in [3.8, 4) is 5.88 Å². The first-order valence-electron chi connectivity index (χ1n) is 6.24. The van der Waals surface area contributed by atoms with E-state index < -0.39 is 5.60 Å². The molecule has 0 aromatic carbocycles. The van der Waals surface area contributed by atoms with Gasteiger partial charge in [-0.1, -0.05) is 6.07 Å². The van der Waals surface area contributed by atoms with Crippen LogP contribution in [0.2, 0.25) is 0 Å². The van der Waals surface area contributed by atoms with Crippen molar-refractivity contribution in [2.24, 2.45) is 5.92 Å². The Bertz CT molecular complexity index is 405. The zero-order valence-corrected chi connectivity index (χ0v) is 11.1. The van der Waals surface area contributed by atoms with Gasteiger partial charge >= 0.3 is 5.97 Å². The first-order valence-corrected chi connectivity index (χ1v) is 6.24. The molecule has 1 saturated carbocycles. The van der Waals surface area contributed by atoms with Crippen LogP contribution in [0.3, 0.4) is 0 Å². The summed E-state index contributed by atoms with van der Waals surface area (Å²) in [6.07, 6.45) is 3.20. The maximum Gasteiger partial charge on any atom is 0.309 e. The van der Waals surface area contributed by atoms with Gasteiger partial charge in [-0.25, -0.2) is 4.98 Å². The molecule has 4 nitrogen and oxygen atoms in total. The van der Waals surface area contributed by atoms with Crippen LogP contribution in [0.4, 0.5) is 0 Å². The smallest absolute Gasteiger partial charge is 0.309 e. The Morgan fingerprint density at radius 3 is 2.61 bits per heavy atom. The van der Waals surface area contributed by atoms with Gasteiger partial charge in [-0.15, -0.1) is 0 Å². The third-order valence-electron chi connectivity index (χ3n) is 2.76. The zero-order chi connectivity index (χ0) is 13.2. The second kappa shape index (κ2) is 4.96. The number of hydrogen-bond acceptors (Lipinski definition) is 4. The largest absolute Gasteiger partial charge is 0.474 e. The highest BCUT2D eigenvalue weighted by Crippen LogP contribution is 2.32. The molecule has 0 saturated heterocycles. The molecule has 98 valence electrons. The number of aromatic nitrogens is 1. The van der Waals surface area contributed by atoms with Crippen LogP contribution in [0.1, 0.15) is 33.6 Å². The van der Waals surface area contributed by atoms with Crippen molar-refractivity contribution < 1.29 is 14.3 Å². The Labute approximate surface area is 107 Å². The van der Waals surface area contributed by atoms with Crippen LogP contribution in [0.15, 0.2) is 24.4 Å². The number of carbonyl (C=O) groups excluding carboxylic acids is 1. The molecule has 1 fully saturated rings. The molecular formula is C14H19NO3. The Balaban J connectivity index is 1.76. The van der Waals surface area contributed by atoms with Crippen LogP contribution in [-0.2, 0) is 9.53 Å². The predicted molar refractivity (Wildman–Crippen MR) is 67.2 cm³/mol. The molecular weight excluding hydrogens is 230 g/mol. The van der Waals surface area contributed by atoms with Crippen LogP contribution in [-0.4, -0.2) is 22.7 Å². The van der Waals surface area contributed by atoms with Crippen molar-refractivity contribution in [3.63, 3.8) is 0 Å². The fraction of sp³-hybridized carbons (Fsp3) is 0.571. The zero-order valence-electron chi connectivity index (χ0n) is 11.1. The molecule has 0 atom stereocenters. The minimum Gasteiger partial charge on any atom is -0.474 e. The quantitative estimate of drug-likeness (QED) is 0.772. The topological polar surface area (TPSA) is 48.4 Å². The van der Waals surface area contributed by atoms with Crippen molar-refractivity contribution in [3.05, 3.63) is 24.4 Å². The van der Waals surface area contributed by atoms with E-state index in [1.807, 2.05) is 39.0 Å². The number of ether oxygens (including phenoxy) is 2. The first kappa shape index (κ1) is 12.9. The van der Waals surface area contributed by atoms with E-state index in [1.165, 1.54) is 0 Å². The number of esters is 1. The highest BCUT2D eigenvalue weighted by Gasteiger charge is 2.38. The van der Waals surface area contributed by atoms with E-state index in [4.69, 9.17) is 9.47 Å². The van der Waals surface area contributed by atoms with Crippen molar-refractivity contribution in [1.29, 1.82) is 0 Å². The number of rotatable bonds is 3. The second-order valence-corrected chi connectivity index (χ2v) is 5.61. The van der Waals surface area contributed by atoms with E-state index in [0.717, 1.165) is 0 Å². The molecule has 2 rings (SSSR count). The highest BCUT2D eigenvalue weighted by molar-refractivity contribution is 5.74. The summed E-state index contributed by atoms with van der Waals surface area (Å²) in [5.41, 5.74) is -0.413.